The van der Waals surface area contributed by atoms with Crippen molar-refractivity contribution in [2.75, 3.05) is 0 Å². The van der Waals surface area contributed by atoms with Crippen LogP contribution in [0.15, 0.2) is 36.0 Å². The second kappa shape index (κ2) is 13.2. The highest BCUT2D eigenvalue weighted by Gasteiger charge is 1.96. The van der Waals surface area contributed by atoms with Gasteiger partial charge in [0, 0.05) is 0 Å². The van der Waals surface area contributed by atoms with Gasteiger partial charge in [-0.3, -0.25) is 0 Å². The third kappa shape index (κ3) is 8.23. The van der Waals surface area contributed by atoms with Gasteiger partial charge in [0.15, 0.2) is 0 Å². The van der Waals surface area contributed by atoms with Crippen molar-refractivity contribution in [1.82, 2.24) is 0 Å². The Bertz CT molecular complexity index is 194. The summed E-state index contributed by atoms with van der Waals surface area (Å²) in [5, 5.41) is 0. The second-order valence-electron chi connectivity index (χ2n) is 3.17. The van der Waals surface area contributed by atoms with Crippen LogP contribution in [0.25, 0.3) is 0 Å². The summed E-state index contributed by atoms with van der Waals surface area (Å²) in [5.41, 5.74) is 2.86. The van der Waals surface area contributed by atoms with Crippen molar-refractivity contribution in [1.29, 1.82) is 0 Å². The minimum atomic E-state index is 1.11. The van der Waals surface area contributed by atoms with E-state index in [-0.39, 0.29) is 0 Å². The maximum absolute atomic E-state index is 3.86. The molecule has 0 unspecified atom stereocenters. The Kier molecular flexibility index (Phi) is 14.7. The summed E-state index contributed by atoms with van der Waals surface area (Å²) in [5.74, 6) is 0. The van der Waals surface area contributed by atoms with E-state index in [1.807, 2.05) is 19.9 Å². The van der Waals surface area contributed by atoms with Crippen LogP contribution in [0.4, 0.5) is 0 Å². The number of rotatable bonds is 6. The summed E-state index contributed by atoms with van der Waals surface area (Å²) in [6, 6.07) is 0. The fraction of sp³-hybridized carbons (Fsp3) is 0.600. The predicted molar refractivity (Wildman–Crippen MR) is 73.2 cm³/mol. The average molecular weight is 208 g/mol. The second-order valence-corrected chi connectivity index (χ2v) is 3.17. The van der Waals surface area contributed by atoms with E-state index < -0.39 is 0 Å². The molecule has 0 heteroatoms. The van der Waals surface area contributed by atoms with Gasteiger partial charge < -0.3 is 0 Å². The van der Waals surface area contributed by atoms with Gasteiger partial charge in [-0.05, 0) is 30.4 Å². The van der Waals surface area contributed by atoms with Crippen molar-refractivity contribution in [2.24, 2.45) is 0 Å². The molecule has 0 N–H and O–H groups in total. The van der Waals surface area contributed by atoms with Gasteiger partial charge in [-0.25, -0.2) is 0 Å². The van der Waals surface area contributed by atoms with Crippen LogP contribution in [0.2, 0.25) is 0 Å². The summed E-state index contributed by atoms with van der Waals surface area (Å²) in [6.07, 6.45) is 11.0. The largest absolute Gasteiger partial charge is 0.0988 e. The first-order chi connectivity index (χ1) is 7.29. The van der Waals surface area contributed by atoms with Gasteiger partial charge in [-0.1, -0.05) is 65.8 Å². The quantitative estimate of drug-likeness (QED) is 0.493. The Morgan fingerprint density at radius 2 is 1.67 bits per heavy atom. The van der Waals surface area contributed by atoms with Gasteiger partial charge in [0.25, 0.3) is 0 Å². The van der Waals surface area contributed by atoms with Crippen LogP contribution >= 0.6 is 0 Å². The van der Waals surface area contributed by atoms with E-state index >= 15 is 0 Å². The standard InChI is InChI=1S/C13H22.C2H6/c1-5-9-11-13(8-4)12(7-3)10-6-2;1-2/h7,9,11H,3,5-6,8,10H2,1-2,4H3;1-2H3/b11-9-,13-12+;. The van der Waals surface area contributed by atoms with Crippen molar-refractivity contribution in [3.05, 3.63) is 36.0 Å². The zero-order valence-electron chi connectivity index (χ0n) is 11.3. The van der Waals surface area contributed by atoms with Gasteiger partial charge in [0.05, 0.1) is 0 Å². The van der Waals surface area contributed by atoms with E-state index in [0.717, 1.165) is 19.3 Å². The molecule has 0 radical (unpaired) electrons. The fourth-order valence-electron chi connectivity index (χ4n) is 1.38. The van der Waals surface area contributed by atoms with Crippen molar-refractivity contribution in [3.8, 4) is 0 Å². The average Bonchev–Trinajstić information content (AvgIpc) is 2.31. The SMILES string of the molecule is C=C/C(CCC)=C(\C=C/CC)CC.CC. The first-order valence-electron chi connectivity index (χ1n) is 6.31. The van der Waals surface area contributed by atoms with Crippen LogP contribution in [-0.4, -0.2) is 0 Å². The molecule has 0 aliphatic carbocycles. The molecule has 0 bridgehead atoms. The third-order valence-corrected chi connectivity index (χ3v) is 2.11. The molecule has 0 aromatic carbocycles. The van der Waals surface area contributed by atoms with Crippen molar-refractivity contribution >= 4 is 0 Å². The van der Waals surface area contributed by atoms with Crippen LogP contribution in [0.3, 0.4) is 0 Å². The topological polar surface area (TPSA) is 0 Å². The summed E-state index contributed by atoms with van der Waals surface area (Å²) in [7, 11) is 0. The van der Waals surface area contributed by atoms with Crippen LogP contribution in [-0.2, 0) is 0 Å². The summed E-state index contributed by atoms with van der Waals surface area (Å²) in [6.45, 7) is 14.4. The van der Waals surface area contributed by atoms with Gasteiger partial charge in [0.1, 0.15) is 0 Å². The molecule has 0 amide bonds. The van der Waals surface area contributed by atoms with Crippen LogP contribution in [0.5, 0.6) is 0 Å². The predicted octanol–water partition coefficient (Wildman–Crippen LogP) is 5.67. The molecule has 0 rings (SSSR count). The Labute approximate surface area is 96.8 Å². The molecule has 0 aliphatic heterocycles. The molecule has 0 nitrogen and oxygen atoms in total. The summed E-state index contributed by atoms with van der Waals surface area (Å²) >= 11 is 0. The van der Waals surface area contributed by atoms with Crippen LogP contribution in [0, 0.1) is 0 Å². The summed E-state index contributed by atoms with van der Waals surface area (Å²) in [4.78, 5) is 0. The molecule has 15 heavy (non-hydrogen) atoms. The van der Waals surface area contributed by atoms with E-state index in [2.05, 4.69) is 39.5 Å². The van der Waals surface area contributed by atoms with Crippen LogP contribution in [0.1, 0.15) is 60.3 Å². The first kappa shape index (κ1) is 16.6. The first-order valence-corrected chi connectivity index (χ1v) is 6.31. The zero-order chi connectivity index (χ0) is 12.1. The molecular weight excluding hydrogens is 180 g/mol. The monoisotopic (exact) mass is 208 g/mol. The Morgan fingerprint density at radius 1 is 1.07 bits per heavy atom. The molecule has 0 fully saturated rings. The minimum Gasteiger partial charge on any atom is -0.0988 e. The lowest BCUT2D eigenvalue weighted by Crippen LogP contribution is -1.85. The lowest BCUT2D eigenvalue weighted by atomic mass is 10.0. The molecule has 0 atom stereocenters. The molecule has 0 aliphatic rings. The molecular formula is C15H28. The minimum absolute atomic E-state index is 1.11. The molecule has 0 spiro atoms. The maximum atomic E-state index is 3.86. The van der Waals surface area contributed by atoms with Gasteiger partial charge in [-0.15, -0.1) is 0 Å². The van der Waals surface area contributed by atoms with Gasteiger partial charge in [0.2, 0.25) is 0 Å². The Hall–Kier alpha value is -0.780. The number of hydrogen-bond donors (Lipinski definition) is 0. The smallest absolute Gasteiger partial charge is 0.0279 e. The van der Waals surface area contributed by atoms with E-state index in [4.69, 9.17) is 0 Å². The highest BCUT2D eigenvalue weighted by Crippen LogP contribution is 2.16. The van der Waals surface area contributed by atoms with E-state index in [0.29, 0.717) is 0 Å². The molecule has 0 saturated heterocycles. The van der Waals surface area contributed by atoms with E-state index in [9.17, 15) is 0 Å². The van der Waals surface area contributed by atoms with Crippen LogP contribution < -0.4 is 0 Å². The van der Waals surface area contributed by atoms with Gasteiger partial charge in [-0.2, -0.15) is 0 Å². The van der Waals surface area contributed by atoms with E-state index in [1.165, 1.54) is 17.6 Å². The molecule has 88 valence electrons. The normalized spacial score (nSPS) is 11.8. The third-order valence-electron chi connectivity index (χ3n) is 2.11. The molecule has 0 heterocycles. The summed E-state index contributed by atoms with van der Waals surface area (Å²) < 4.78 is 0. The molecule has 0 saturated carbocycles. The Morgan fingerprint density at radius 3 is 2.00 bits per heavy atom. The molecule has 0 aromatic rings. The van der Waals surface area contributed by atoms with Crippen molar-refractivity contribution in [2.45, 2.75) is 60.3 Å². The highest BCUT2D eigenvalue weighted by molar-refractivity contribution is 5.31. The lowest BCUT2D eigenvalue weighted by molar-refractivity contribution is 0.906. The fourth-order valence-corrected chi connectivity index (χ4v) is 1.38. The number of allylic oxidation sites excluding steroid dienone is 5. The zero-order valence-corrected chi connectivity index (χ0v) is 11.3. The van der Waals surface area contributed by atoms with E-state index in [1.54, 1.807) is 0 Å². The number of hydrogen-bond acceptors (Lipinski definition) is 0. The van der Waals surface area contributed by atoms with Gasteiger partial charge >= 0.3 is 0 Å². The van der Waals surface area contributed by atoms with Crippen molar-refractivity contribution in [3.63, 3.8) is 0 Å². The molecule has 0 aromatic heterocycles. The highest BCUT2D eigenvalue weighted by atomic mass is 14.0. The van der Waals surface area contributed by atoms with Crippen molar-refractivity contribution < 1.29 is 0 Å². The lowest BCUT2D eigenvalue weighted by Gasteiger charge is -2.05. The Balaban J connectivity index is 0. The maximum Gasteiger partial charge on any atom is -0.0279 e.